The van der Waals surface area contributed by atoms with Gasteiger partial charge in [0.1, 0.15) is 0 Å². The molecule has 1 saturated heterocycles. The van der Waals surface area contributed by atoms with E-state index in [9.17, 15) is 4.79 Å². The molecule has 0 bridgehead atoms. The predicted octanol–water partition coefficient (Wildman–Crippen LogP) is 0.395. The summed E-state index contributed by atoms with van der Waals surface area (Å²) in [5.41, 5.74) is 0. The Morgan fingerprint density at radius 3 is 2.50 bits per heavy atom. The van der Waals surface area contributed by atoms with Crippen molar-refractivity contribution in [3.8, 4) is 0 Å². The minimum absolute atomic E-state index is 0.0121. The van der Waals surface area contributed by atoms with E-state index in [0.717, 1.165) is 32.6 Å². The molecule has 16 heavy (non-hydrogen) atoms. The first-order valence-corrected chi connectivity index (χ1v) is 6.20. The van der Waals surface area contributed by atoms with Crippen molar-refractivity contribution in [2.24, 2.45) is 5.92 Å². The van der Waals surface area contributed by atoms with Crippen LogP contribution in [0.1, 0.15) is 20.3 Å². The van der Waals surface area contributed by atoms with Crippen molar-refractivity contribution >= 4 is 5.91 Å². The Bertz CT molecular complexity index is 212. The summed E-state index contributed by atoms with van der Waals surface area (Å²) >= 11 is 0. The summed E-state index contributed by atoms with van der Waals surface area (Å²) in [7, 11) is 3.97. The lowest BCUT2D eigenvalue weighted by Gasteiger charge is -2.32. The van der Waals surface area contributed by atoms with E-state index in [4.69, 9.17) is 0 Å². The molecule has 1 unspecified atom stereocenters. The Morgan fingerprint density at radius 2 is 1.94 bits per heavy atom. The molecule has 1 rings (SSSR count). The fourth-order valence-corrected chi connectivity index (χ4v) is 2.36. The molecule has 94 valence electrons. The highest BCUT2D eigenvalue weighted by molar-refractivity contribution is 5.82. The lowest BCUT2D eigenvalue weighted by Crippen LogP contribution is -2.49. The molecule has 1 heterocycles. The van der Waals surface area contributed by atoms with Gasteiger partial charge < -0.3 is 10.2 Å². The minimum atomic E-state index is 0.0121. The zero-order valence-electron chi connectivity index (χ0n) is 11.0. The molecule has 0 aromatic carbocycles. The van der Waals surface area contributed by atoms with Crippen LogP contribution in [0.5, 0.6) is 0 Å². The Morgan fingerprint density at radius 1 is 1.25 bits per heavy atom. The lowest BCUT2D eigenvalue weighted by molar-refractivity contribution is -0.137. The molecule has 0 aromatic heterocycles. The number of carbonyl (C=O) groups is 1. The fourth-order valence-electron chi connectivity index (χ4n) is 2.36. The molecule has 1 fully saturated rings. The lowest BCUT2D eigenvalue weighted by atomic mass is 10.0. The normalized spacial score (nSPS) is 20.0. The third kappa shape index (κ3) is 3.46. The maximum atomic E-state index is 12.4. The van der Waals surface area contributed by atoms with Gasteiger partial charge in [-0.2, -0.15) is 0 Å². The van der Waals surface area contributed by atoms with Crippen LogP contribution in [-0.2, 0) is 4.79 Å². The van der Waals surface area contributed by atoms with Crippen molar-refractivity contribution < 1.29 is 4.79 Å². The number of amides is 1. The van der Waals surface area contributed by atoms with Crippen LogP contribution in [0.4, 0.5) is 0 Å². The Labute approximate surface area is 99.0 Å². The fraction of sp³-hybridized carbons (Fsp3) is 0.917. The first-order chi connectivity index (χ1) is 7.54. The predicted molar refractivity (Wildman–Crippen MR) is 66.4 cm³/mol. The van der Waals surface area contributed by atoms with E-state index in [1.54, 1.807) is 0 Å². The minimum Gasteiger partial charge on any atom is -0.340 e. The van der Waals surface area contributed by atoms with Crippen LogP contribution in [0, 0.1) is 5.92 Å². The number of nitrogens with zero attached hydrogens (tertiary/aromatic N) is 2. The van der Waals surface area contributed by atoms with E-state index in [0.29, 0.717) is 5.92 Å². The molecule has 1 amide bonds. The van der Waals surface area contributed by atoms with Crippen molar-refractivity contribution in [2.45, 2.75) is 26.3 Å². The van der Waals surface area contributed by atoms with Crippen LogP contribution in [-0.4, -0.2) is 62.0 Å². The quantitative estimate of drug-likeness (QED) is 0.758. The molecular weight excluding hydrogens is 202 g/mol. The number of hydrogen-bond acceptors (Lipinski definition) is 3. The molecule has 0 saturated carbocycles. The number of nitrogens with one attached hydrogen (secondary N) is 1. The van der Waals surface area contributed by atoms with E-state index in [1.807, 2.05) is 23.9 Å². The second-order valence-corrected chi connectivity index (χ2v) is 5.08. The summed E-state index contributed by atoms with van der Waals surface area (Å²) in [5, 5.41) is 3.32. The van der Waals surface area contributed by atoms with E-state index in [2.05, 4.69) is 19.2 Å². The highest BCUT2D eigenvalue weighted by Crippen LogP contribution is 2.12. The van der Waals surface area contributed by atoms with Gasteiger partial charge in [0.25, 0.3) is 0 Å². The number of rotatable bonds is 3. The zero-order valence-corrected chi connectivity index (χ0v) is 11.0. The van der Waals surface area contributed by atoms with Gasteiger partial charge in [-0.3, -0.25) is 9.69 Å². The average Bonchev–Trinajstić information content (AvgIpc) is 2.43. The molecule has 1 aliphatic rings. The zero-order chi connectivity index (χ0) is 12.1. The maximum Gasteiger partial charge on any atom is 0.240 e. The van der Waals surface area contributed by atoms with Crippen LogP contribution in [0.2, 0.25) is 0 Å². The van der Waals surface area contributed by atoms with Gasteiger partial charge in [-0.25, -0.2) is 0 Å². The van der Waals surface area contributed by atoms with E-state index in [-0.39, 0.29) is 11.9 Å². The van der Waals surface area contributed by atoms with Gasteiger partial charge in [0.15, 0.2) is 0 Å². The summed E-state index contributed by atoms with van der Waals surface area (Å²) in [6.45, 7) is 7.90. The monoisotopic (exact) mass is 227 g/mol. The molecule has 0 spiro atoms. The van der Waals surface area contributed by atoms with Crippen LogP contribution < -0.4 is 5.32 Å². The van der Waals surface area contributed by atoms with Gasteiger partial charge in [0, 0.05) is 19.6 Å². The van der Waals surface area contributed by atoms with Crippen molar-refractivity contribution in [3.05, 3.63) is 0 Å². The molecule has 0 aromatic rings. The topological polar surface area (TPSA) is 35.6 Å². The second kappa shape index (κ2) is 6.21. The van der Waals surface area contributed by atoms with Crippen LogP contribution in [0.3, 0.4) is 0 Å². The number of carbonyl (C=O) groups excluding carboxylic acids is 1. The Balaban J connectivity index is 2.65. The highest BCUT2D eigenvalue weighted by atomic mass is 16.2. The van der Waals surface area contributed by atoms with Gasteiger partial charge in [-0.1, -0.05) is 13.8 Å². The number of likely N-dealkylation sites (N-methyl/N-ethyl adjacent to an activating group) is 1. The summed E-state index contributed by atoms with van der Waals surface area (Å²) in [4.78, 5) is 16.4. The van der Waals surface area contributed by atoms with Crippen molar-refractivity contribution in [3.63, 3.8) is 0 Å². The Hall–Kier alpha value is -0.610. The third-order valence-electron chi connectivity index (χ3n) is 3.09. The van der Waals surface area contributed by atoms with Crippen LogP contribution in [0.15, 0.2) is 0 Å². The molecule has 1 aliphatic heterocycles. The van der Waals surface area contributed by atoms with Crippen LogP contribution >= 0.6 is 0 Å². The van der Waals surface area contributed by atoms with Crippen molar-refractivity contribution in [1.82, 2.24) is 15.1 Å². The maximum absolute atomic E-state index is 12.4. The summed E-state index contributed by atoms with van der Waals surface area (Å²) in [6, 6.07) is 0.0121. The summed E-state index contributed by atoms with van der Waals surface area (Å²) in [5.74, 6) is 0.641. The standard InChI is InChI=1S/C12H25N3O/c1-10(2)11(14(3)4)12(16)15-8-5-6-13-7-9-15/h10-11,13H,5-9H2,1-4H3. The Kier molecular flexibility index (Phi) is 5.22. The first kappa shape index (κ1) is 13.5. The van der Waals surface area contributed by atoms with E-state index < -0.39 is 0 Å². The van der Waals surface area contributed by atoms with E-state index >= 15 is 0 Å². The van der Waals surface area contributed by atoms with Gasteiger partial charge in [-0.05, 0) is 33.0 Å². The van der Waals surface area contributed by atoms with Gasteiger partial charge >= 0.3 is 0 Å². The van der Waals surface area contributed by atoms with Crippen LogP contribution in [0.25, 0.3) is 0 Å². The first-order valence-electron chi connectivity index (χ1n) is 6.20. The van der Waals surface area contributed by atoms with Crippen molar-refractivity contribution in [1.29, 1.82) is 0 Å². The SMILES string of the molecule is CC(C)C(C(=O)N1CCCNCC1)N(C)C. The van der Waals surface area contributed by atoms with E-state index in [1.165, 1.54) is 0 Å². The molecule has 1 atom stereocenters. The summed E-state index contributed by atoms with van der Waals surface area (Å²) < 4.78 is 0. The number of hydrogen-bond donors (Lipinski definition) is 1. The average molecular weight is 227 g/mol. The second-order valence-electron chi connectivity index (χ2n) is 5.08. The molecule has 4 heteroatoms. The molecule has 0 radical (unpaired) electrons. The van der Waals surface area contributed by atoms with Gasteiger partial charge in [-0.15, -0.1) is 0 Å². The van der Waals surface area contributed by atoms with Gasteiger partial charge in [0.2, 0.25) is 5.91 Å². The molecule has 1 N–H and O–H groups in total. The molecule has 4 nitrogen and oxygen atoms in total. The third-order valence-corrected chi connectivity index (χ3v) is 3.09. The highest BCUT2D eigenvalue weighted by Gasteiger charge is 2.28. The van der Waals surface area contributed by atoms with Crippen molar-refractivity contribution in [2.75, 3.05) is 40.3 Å². The van der Waals surface area contributed by atoms with Gasteiger partial charge in [0.05, 0.1) is 6.04 Å². The molecular formula is C12H25N3O. The smallest absolute Gasteiger partial charge is 0.240 e. The summed E-state index contributed by atoms with van der Waals surface area (Å²) in [6.07, 6.45) is 1.06. The molecule has 0 aliphatic carbocycles. The largest absolute Gasteiger partial charge is 0.340 e.